The topological polar surface area (TPSA) is 79.6 Å². The Morgan fingerprint density at radius 1 is 1.26 bits per heavy atom. The van der Waals surface area contributed by atoms with Gasteiger partial charge in [0.2, 0.25) is 17.7 Å². The zero-order valence-electron chi connectivity index (χ0n) is 12.9. The number of carbonyl (C=O) groups is 3. The van der Waals surface area contributed by atoms with Gasteiger partial charge in [0, 0.05) is 30.7 Å². The van der Waals surface area contributed by atoms with Crippen LogP contribution in [0.25, 0.3) is 11.0 Å². The number of rotatable bonds is 5. The van der Waals surface area contributed by atoms with Gasteiger partial charge in [0.1, 0.15) is 17.9 Å². The van der Waals surface area contributed by atoms with Crippen molar-refractivity contribution in [2.45, 2.75) is 32.2 Å². The van der Waals surface area contributed by atoms with Crippen LogP contribution in [-0.2, 0) is 20.8 Å². The summed E-state index contributed by atoms with van der Waals surface area (Å²) in [6.45, 7) is 1.65. The number of nitrogens with zero attached hydrogens (tertiary/aromatic N) is 1. The molecule has 1 N–H and O–H groups in total. The van der Waals surface area contributed by atoms with Gasteiger partial charge in [-0.3, -0.25) is 19.3 Å². The largest absolute Gasteiger partial charge is 0.461 e. The molecule has 1 saturated heterocycles. The second kappa shape index (κ2) is 6.24. The first-order chi connectivity index (χ1) is 11.0. The Kier molecular flexibility index (Phi) is 4.14. The van der Waals surface area contributed by atoms with Crippen LogP contribution in [-0.4, -0.2) is 35.2 Å². The van der Waals surface area contributed by atoms with Crippen LogP contribution in [0.5, 0.6) is 0 Å². The number of imide groups is 1. The van der Waals surface area contributed by atoms with Gasteiger partial charge in [-0.2, -0.15) is 0 Å². The zero-order chi connectivity index (χ0) is 16.4. The number of furan rings is 1. The molecular weight excluding hydrogens is 296 g/mol. The summed E-state index contributed by atoms with van der Waals surface area (Å²) in [6, 6.07) is 9.51. The number of hydrogen-bond donors (Lipinski definition) is 1. The van der Waals surface area contributed by atoms with Crippen LogP contribution in [0.15, 0.2) is 34.7 Å². The lowest BCUT2D eigenvalue weighted by Crippen LogP contribution is -2.43. The standard InChI is InChI=1S/C17H18N2O4/c1-11(8-13-9-12-4-2-3-5-14(12)23-13)18-15(20)10-19-16(21)6-7-17(19)22/h2-5,9,11H,6-8,10H2,1H3,(H,18,20)/t11-/m0/s1. The molecule has 3 amide bonds. The van der Waals surface area contributed by atoms with E-state index in [0.29, 0.717) is 6.42 Å². The quantitative estimate of drug-likeness (QED) is 0.851. The van der Waals surface area contributed by atoms with E-state index in [1.165, 1.54) is 0 Å². The van der Waals surface area contributed by atoms with Crippen LogP contribution in [0, 0.1) is 0 Å². The highest BCUT2D eigenvalue weighted by Gasteiger charge is 2.30. The highest BCUT2D eigenvalue weighted by molar-refractivity contribution is 6.04. The van der Waals surface area contributed by atoms with Gasteiger partial charge in [0.05, 0.1) is 0 Å². The molecule has 0 bridgehead atoms. The number of benzene rings is 1. The molecule has 6 heteroatoms. The van der Waals surface area contributed by atoms with Gasteiger partial charge in [-0.15, -0.1) is 0 Å². The summed E-state index contributed by atoms with van der Waals surface area (Å²) >= 11 is 0. The molecular formula is C17H18N2O4. The number of carbonyl (C=O) groups excluding carboxylic acids is 3. The molecule has 1 atom stereocenters. The molecule has 1 aliphatic heterocycles. The van der Waals surface area contributed by atoms with Crippen LogP contribution in [0.1, 0.15) is 25.5 Å². The van der Waals surface area contributed by atoms with Crippen molar-refractivity contribution in [3.63, 3.8) is 0 Å². The van der Waals surface area contributed by atoms with Crippen molar-refractivity contribution in [3.8, 4) is 0 Å². The Labute approximate surface area is 133 Å². The van der Waals surface area contributed by atoms with Gasteiger partial charge in [-0.1, -0.05) is 18.2 Å². The Morgan fingerprint density at radius 2 is 1.96 bits per heavy atom. The Balaban J connectivity index is 1.56. The highest BCUT2D eigenvalue weighted by Crippen LogP contribution is 2.19. The molecule has 23 heavy (non-hydrogen) atoms. The number of hydrogen-bond acceptors (Lipinski definition) is 4. The third-order valence-corrected chi connectivity index (χ3v) is 3.85. The minimum atomic E-state index is -0.336. The van der Waals surface area contributed by atoms with Crippen LogP contribution >= 0.6 is 0 Å². The van der Waals surface area contributed by atoms with Crippen molar-refractivity contribution < 1.29 is 18.8 Å². The van der Waals surface area contributed by atoms with E-state index in [1.807, 2.05) is 37.3 Å². The van der Waals surface area contributed by atoms with Gasteiger partial charge in [0.25, 0.3) is 0 Å². The maximum absolute atomic E-state index is 12.0. The third-order valence-electron chi connectivity index (χ3n) is 3.85. The zero-order valence-corrected chi connectivity index (χ0v) is 12.9. The summed E-state index contributed by atoms with van der Waals surface area (Å²) < 4.78 is 5.72. The van der Waals surface area contributed by atoms with Crippen molar-refractivity contribution in [1.29, 1.82) is 0 Å². The fraction of sp³-hybridized carbons (Fsp3) is 0.353. The summed E-state index contributed by atoms with van der Waals surface area (Å²) in [5, 5.41) is 3.82. The first-order valence-corrected chi connectivity index (χ1v) is 7.63. The van der Waals surface area contributed by atoms with E-state index < -0.39 is 0 Å². The molecule has 1 aliphatic rings. The van der Waals surface area contributed by atoms with Gasteiger partial charge in [0.15, 0.2) is 0 Å². The summed E-state index contributed by atoms with van der Waals surface area (Å²) in [6.07, 6.45) is 0.934. The molecule has 0 aliphatic carbocycles. The first kappa shape index (κ1) is 15.3. The lowest BCUT2D eigenvalue weighted by molar-refractivity contribution is -0.142. The van der Waals surface area contributed by atoms with E-state index in [0.717, 1.165) is 21.6 Å². The van der Waals surface area contributed by atoms with Crippen LogP contribution in [0.4, 0.5) is 0 Å². The molecule has 120 valence electrons. The Hall–Kier alpha value is -2.63. The maximum atomic E-state index is 12.0. The molecule has 0 saturated carbocycles. The summed E-state index contributed by atoms with van der Waals surface area (Å²) in [4.78, 5) is 36.0. The van der Waals surface area contributed by atoms with Gasteiger partial charge < -0.3 is 9.73 Å². The normalized spacial score (nSPS) is 16.1. The summed E-state index contributed by atoms with van der Waals surface area (Å²) in [7, 11) is 0. The smallest absolute Gasteiger partial charge is 0.240 e. The molecule has 0 unspecified atom stereocenters. The van der Waals surface area contributed by atoms with E-state index >= 15 is 0 Å². The van der Waals surface area contributed by atoms with E-state index in [4.69, 9.17) is 4.42 Å². The molecule has 0 spiro atoms. The van der Waals surface area contributed by atoms with Crippen molar-refractivity contribution in [2.24, 2.45) is 0 Å². The average molecular weight is 314 g/mol. The number of para-hydroxylation sites is 1. The van der Waals surface area contributed by atoms with Crippen molar-refractivity contribution in [1.82, 2.24) is 10.2 Å². The van der Waals surface area contributed by atoms with E-state index in [2.05, 4.69) is 5.32 Å². The lowest BCUT2D eigenvalue weighted by Gasteiger charge is -2.16. The second-order valence-electron chi connectivity index (χ2n) is 5.80. The van der Waals surface area contributed by atoms with E-state index in [-0.39, 0.29) is 43.1 Å². The molecule has 1 aromatic carbocycles. The molecule has 0 radical (unpaired) electrons. The Bertz CT molecular complexity index is 716. The summed E-state index contributed by atoms with van der Waals surface area (Å²) in [5.74, 6) is -0.116. The van der Waals surface area contributed by atoms with Crippen molar-refractivity contribution in [2.75, 3.05) is 6.54 Å². The molecule has 1 fully saturated rings. The average Bonchev–Trinajstić information content (AvgIpc) is 3.04. The van der Waals surface area contributed by atoms with Crippen molar-refractivity contribution in [3.05, 3.63) is 36.1 Å². The van der Waals surface area contributed by atoms with Crippen molar-refractivity contribution >= 4 is 28.7 Å². The Morgan fingerprint density at radius 3 is 2.65 bits per heavy atom. The third kappa shape index (κ3) is 3.41. The number of amides is 3. The molecule has 1 aromatic heterocycles. The van der Waals surface area contributed by atoms with Gasteiger partial charge in [-0.05, 0) is 19.1 Å². The minimum Gasteiger partial charge on any atom is -0.461 e. The predicted molar refractivity (Wildman–Crippen MR) is 83.5 cm³/mol. The van der Waals surface area contributed by atoms with E-state index in [9.17, 15) is 14.4 Å². The summed E-state index contributed by atoms with van der Waals surface area (Å²) in [5.41, 5.74) is 0.814. The molecule has 3 rings (SSSR count). The molecule has 2 aromatic rings. The van der Waals surface area contributed by atoms with E-state index in [1.54, 1.807) is 0 Å². The monoisotopic (exact) mass is 314 g/mol. The number of likely N-dealkylation sites (tertiary alicyclic amines) is 1. The van der Waals surface area contributed by atoms with Crippen LogP contribution in [0.2, 0.25) is 0 Å². The predicted octanol–water partition coefficient (Wildman–Crippen LogP) is 1.63. The van der Waals surface area contributed by atoms with Gasteiger partial charge >= 0.3 is 0 Å². The SMILES string of the molecule is C[C@@H](Cc1cc2ccccc2o1)NC(=O)CN1C(=O)CCC1=O. The maximum Gasteiger partial charge on any atom is 0.240 e. The number of fused-ring (bicyclic) bond motifs is 1. The molecule has 6 nitrogen and oxygen atoms in total. The number of nitrogens with one attached hydrogen (secondary N) is 1. The second-order valence-corrected chi connectivity index (χ2v) is 5.80. The fourth-order valence-corrected chi connectivity index (χ4v) is 2.75. The van der Waals surface area contributed by atoms with Gasteiger partial charge in [-0.25, -0.2) is 0 Å². The molecule has 2 heterocycles. The lowest BCUT2D eigenvalue weighted by atomic mass is 10.2. The minimum absolute atomic E-state index is 0.157. The fourth-order valence-electron chi connectivity index (χ4n) is 2.75. The van der Waals surface area contributed by atoms with Crippen LogP contribution in [0.3, 0.4) is 0 Å². The van der Waals surface area contributed by atoms with Crippen LogP contribution < -0.4 is 5.32 Å². The first-order valence-electron chi connectivity index (χ1n) is 7.63. The highest BCUT2D eigenvalue weighted by atomic mass is 16.3.